The number of hydrogen-bond donors (Lipinski definition) is 1. The van der Waals surface area contributed by atoms with E-state index < -0.39 is 0 Å². The summed E-state index contributed by atoms with van der Waals surface area (Å²) < 4.78 is 0. The Hall–Kier alpha value is -0.820. The molecule has 0 aliphatic rings. The highest BCUT2D eigenvalue weighted by molar-refractivity contribution is 5.28. The zero-order chi connectivity index (χ0) is 14.3. The summed E-state index contributed by atoms with van der Waals surface area (Å²) in [6.07, 6.45) is 2.52. The minimum Gasteiger partial charge on any atom is -0.316 e. The standard InChI is InChI=1S/C18H31N/c1-6-15(7-2)18(13-19-8-3)17-11-9-16(10-12-17)14(4)5/h9-12,14-15,18-19H,6-8,13H2,1-5H3. The Kier molecular flexibility index (Phi) is 7.15. The summed E-state index contributed by atoms with van der Waals surface area (Å²) >= 11 is 0. The van der Waals surface area contributed by atoms with E-state index in [9.17, 15) is 0 Å². The minimum atomic E-state index is 0.620. The monoisotopic (exact) mass is 261 g/mol. The van der Waals surface area contributed by atoms with Crippen LogP contribution in [0.3, 0.4) is 0 Å². The van der Waals surface area contributed by atoms with Gasteiger partial charge >= 0.3 is 0 Å². The third-order valence-electron chi connectivity index (χ3n) is 4.26. The molecule has 0 spiro atoms. The van der Waals surface area contributed by atoms with Gasteiger partial charge in [-0.15, -0.1) is 0 Å². The molecule has 0 saturated carbocycles. The fraction of sp³-hybridized carbons (Fsp3) is 0.667. The minimum absolute atomic E-state index is 0.620. The van der Waals surface area contributed by atoms with E-state index in [1.165, 1.54) is 24.0 Å². The predicted molar refractivity (Wildman–Crippen MR) is 85.9 cm³/mol. The number of likely N-dealkylation sites (N-methyl/N-ethyl adjacent to an activating group) is 1. The molecule has 0 aliphatic heterocycles. The Morgan fingerprint density at radius 1 is 0.895 bits per heavy atom. The molecule has 0 radical (unpaired) electrons. The first kappa shape index (κ1) is 16.2. The van der Waals surface area contributed by atoms with Crippen LogP contribution in [0.5, 0.6) is 0 Å². The van der Waals surface area contributed by atoms with Crippen molar-refractivity contribution >= 4 is 0 Å². The van der Waals surface area contributed by atoms with Crippen molar-refractivity contribution in [1.29, 1.82) is 0 Å². The molecular weight excluding hydrogens is 230 g/mol. The van der Waals surface area contributed by atoms with Crippen LogP contribution in [0.2, 0.25) is 0 Å². The summed E-state index contributed by atoms with van der Waals surface area (Å²) in [4.78, 5) is 0. The van der Waals surface area contributed by atoms with Crippen molar-refractivity contribution in [2.45, 2.75) is 59.3 Å². The van der Waals surface area contributed by atoms with Crippen LogP contribution >= 0.6 is 0 Å². The molecule has 108 valence electrons. The summed E-state index contributed by atoms with van der Waals surface area (Å²) in [5, 5.41) is 3.53. The number of benzene rings is 1. The molecule has 0 aliphatic carbocycles. The lowest BCUT2D eigenvalue weighted by molar-refractivity contribution is 0.382. The molecule has 0 amide bonds. The topological polar surface area (TPSA) is 12.0 Å². The molecule has 0 aromatic heterocycles. The number of rotatable bonds is 8. The lowest BCUT2D eigenvalue weighted by Crippen LogP contribution is -2.26. The van der Waals surface area contributed by atoms with Crippen molar-refractivity contribution in [2.24, 2.45) is 5.92 Å². The zero-order valence-electron chi connectivity index (χ0n) is 13.4. The number of nitrogens with one attached hydrogen (secondary N) is 1. The van der Waals surface area contributed by atoms with Crippen LogP contribution < -0.4 is 5.32 Å². The molecule has 1 N–H and O–H groups in total. The van der Waals surface area contributed by atoms with E-state index in [1.807, 2.05) is 0 Å². The first-order valence-electron chi connectivity index (χ1n) is 7.94. The molecule has 0 saturated heterocycles. The van der Waals surface area contributed by atoms with Crippen LogP contribution in [0.1, 0.15) is 70.4 Å². The zero-order valence-corrected chi connectivity index (χ0v) is 13.4. The van der Waals surface area contributed by atoms with E-state index in [-0.39, 0.29) is 0 Å². The van der Waals surface area contributed by atoms with Gasteiger partial charge in [-0.1, -0.05) is 71.7 Å². The maximum Gasteiger partial charge on any atom is 0.00227 e. The van der Waals surface area contributed by atoms with Gasteiger partial charge in [0.05, 0.1) is 0 Å². The van der Waals surface area contributed by atoms with Crippen molar-refractivity contribution in [3.8, 4) is 0 Å². The Bertz CT molecular complexity index is 335. The van der Waals surface area contributed by atoms with Crippen molar-refractivity contribution in [1.82, 2.24) is 5.32 Å². The number of hydrogen-bond acceptors (Lipinski definition) is 1. The van der Waals surface area contributed by atoms with E-state index in [2.05, 4.69) is 64.2 Å². The molecule has 0 bridgehead atoms. The smallest absolute Gasteiger partial charge is 0.00227 e. The quantitative estimate of drug-likeness (QED) is 0.699. The van der Waals surface area contributed by atoms with E-state index in [1.54, 1.807) is 0 Å². The van der Waals surface area contributed by atoms with E-state index >= 15 is 0 Å². The molecule has 1 atom stereocenters. The van der Waals surface area contributed by atoms with Crippen LogP contribution in [0.4, 0.5) is 0 Å². The van der Waals surface area contributed by atoms with Crippen LogP contribution in [0.15, 0.2) is 24.3 Å². The summed E-state index contributed by atoms with van der Waals surface area (Å²) in [7, 11) is 0. The van der Waals surface area contributed by atoms with Crippen molar-refractivity contribution in [3.05, 3.63) is 35.4 Å². The third-order valence-corrected chi connectivity index (χ3v) is 4.26. The summed E-state index contributed by atoms with van der Waals surface area (Å²) in [5.74, 6) is 2.05. The van der Waals surface area contributed by atoms with Gasteiger partial charge < -0.3 is 5.32 Å². The molecular formula is C18H31N. The lowest BCUT2D eigenvalue weighted by atomic mass is 9.82. The van der Waals surface area contributed by atoms with Crippen LogP contribution in [-0.4, -0.2) is 13.1 Å². The SMILES string of the molecule is CCNCC(c1ccc(C(C)C)cc1)C(CC)CC. The van der Waals surface area contributed by atoms with Gasteiger partial charge in [0.25, 0.3) is 0 Å². The highest BCUT2D eigenvalue weighted by atomic mass is 14.8. The van der Waals surface area contributed by atoms with Gasteiger partial charge in [-0.3, -0.25) is 0 Å². The molecule has 1 aromatic carbocycles. The van der Waals surface area contributed by atoms with Gasteiger partial charge in [-0.25, -0.2) is 0 Å². The van der Waals surface area contributed by atoms with Crippen molar-refractivity contribution < 1.29 is 0 Å². The fourth-order valence-corrected chi connectivity index (χ4v) is 2.84. The molecule has 1 rings (SSSR count). The average Bonchev–Trinajstić information content (AvgIpc) is 2.43. The molecule has 0 heterocycles. The first-order valence-corrected chi connectivity index (χ1v) is 7.94. The summed E-state index contributed by atoms with van der Waals surface area (Å²) in [5.41, 5.74) is 2.94. The first-order chi connectivity index (χ1) is 9.13. The molecule has 1 aromatic rings. The second-order valence-electron chi connectivity index (χ2n) is 5.81. The summed E-state index contributed by atoms with van der Waals surface area (Å²) in [6.45, 7) is 13.5. The van der Waals surface area contributed by atoms with Crippen LogP contribution in [-0.2, 0) is 0 Å². The third kappa shape index (κ3) is 4.65. The van der Waals surface area contributed by atoms with E-state index in [0.29, 0.717) is 11.8 Å². The van der Waals surface area contributed by atoms with Crippen molar-refractivity contribution in [2.75, 3.05) is 13.1 Å². The Balaban J connectivity index is 2.89. The van der Waals surface area contributed by atoms with Crippen molar-refractivity contribution in [3.63, 3.8) is 0 Å². The van der Waals surface area contributed by atoms with Crippen LogP contribution in [0, 0.1) is 5.92 Å². The Morgan fingerprint density at radius 3 is 1.84 bits per heavy atom. The van der Waals surface area contributed by atoms with Crippen LogP contribution in [0.25, 0.3) is 0 Å². The molecule has 19 heavy (non-hydrogen) atoms. The maximum atomic E-state index is 3.53. The van der Waals surface area contributed by atoms with E-state index in [0.717, 1.165) is 19.0 Å². The van der Waals surface area contributed by atoms with Gasteiger partial charge in [0.2, 0.25) is 0 Å². The normalized spacial score (nSPS) is 13.2. The highest BCUT2D eigenvalue weighted by Crippen LogP contribution is 2.30. The largest absolute Gasteiger partial charge is 0.316 e. The molecule has 1 nitrogen and oxygen atoms in total. The Morgan fingerprint density at radius 2 is 1.42 bits per heavy atom. The van der Waals surface area contributed by atoms with Gasteiger partial charge in [0.15, 0.2) is 0 Å². The fourth-order valence-electron chi connectivity index (χ4n) is 2.84. The second kappa shape index (κ2) is 8.37. The van der Waals surface area contributed by atoms with Gasteiger partial charge in [-0.05, 0) is 35.4 Å². The Labute approximate surface area is 119 Å². The van der Waals surface area contributed by atoms with Gasteiger partial charge in [0.1, 0.15) is 0 Å². The maximum absolute atomic E-state index is 3.53. The van der Waals surface area contributed by atoms with E-state index in [4.69, 9.17) is 0 Å². The van der Waals surface area contributed by atoms with Gasteiger partial charge in [-0.2, -0.15) is 0 Å². The summed E-state index contributed by atoms with van der Waals surface area (Å²) in [6, 6.07) is 9.30. The highest BCUT2D eigenvalue weighted by Gasteiger charge is 2.20. The lowest BCUT2D eigenvalue weighted by Gasteiger charge is -2.26. The molecule has 0 fully saturated rings. The molecule has 1 unspecified atom stereocenters. The average molecular weight is 261 g/mol. The second-order valence-corrected chi connectivity index (χ2v) is 5.81. The molecule has 1 heteroatoms. The predicted octanol–water partition coefficient (Wildman–Crippen LogP) is 4.94. The van der Waals surface area contributed by atoms with Gasteiger partial charge in [0, 0.05) is 6.54 Å².